The second-order valence-corrected chi connectivity index (χ2v) is 6.77. The highest BCUT2D eigenvalue weighted by Crippen LogP contribution is 2.36. The lowest BCUT2D eigenvalue weighted by atomic mass is 10.1. The number of halogens is 1. The molecule has 2 nitrogen and oxygen atoms in total. The normalized spacial score (nSPS) is 16.5. The van der Waals surface area contributed by atoms with Gasteiger partial charge in [-0.3, -0.25) is 4.79 Å². The molecule has 1 N–H and O–H groups in total. The van der Waals surface area contributed by atoms with Gasteiger partial charge in [-0.2, -0.15) is 0 Å². The molecule has 0 spiro atoms. The first-order valence-corrected chi connectivity index (χ1v) is 8.25. The molecule has 1 amide bonds. The molecule has 0 saturated heterocycles. The van der Waals surface area contributed by atoms with E-state index in [2.05, 4.69) is 17.4 Å². The van der Waals surface area contributed by atoms with Crippen molar-refractivity contribution in [3.05, 3.63) is 64.7 Å². The van der Waals surface area contributed by atoms with Crippen molar-refractivity contribution in [2.75, 3.05) is 6.54 Å². The van der Waals surface area contributed by atoms with Crippen LogP contribution in [0.25, 0.3) is 0 Å². The molecule has 0 bridgehead atoms. The van der Waals surface area contributed by atoms with Gasteiger partial charge in [-0.05, 0) is 42.2 Å². The van der Waals surface area contributed by atoms with Crippen LogP contribution in [0.15, 0.2) is 53.4 Å². The molecular formula is C17H16ClNOS. The molecule has 0 saturated carbocycles. The molecule has 0 radical (unpaired) electrons. The van der Waals surface area contributed by atoms with E-state index in [1.54, 1.807) is 11.8 Å². The van der Waals surface area contributed by atoms with Gasteiger partial charge in [0.25, 0.3) is 0 Å². The van der Waals surface area contributed by atoms with E-state index < -0.39 is 0 Å². The maximum Gasteiger partial charge on any atom is 0.233 e. The van der Waals surface area contributed by atoms with Crippen LogP contribution >= 0.6 is 23.4 Å². The van der Waals surface area contributed by atoms with Crippen molar-refractivity contribution < 1.29 is 4.79 Å². The number of carbonyl (C=O) groups excluding carboxylic acids is 1. The second kappa shape index (κ2) is 6.54. The first kappa shape index (κ1) is 14.5. The van der Waals surface area contributed by atoms with Crippen LogP contribution in [0, 0.1) is 0 Å². The molecule has 0 aromatic heterocycles. The quantitative estimate of drug-likeness (QED) is 0.931. The minimum absolute atomic E-state index is 0.00705. The zero-order valence-electron chi connectivity index (χ0n) is 11.5. The van der Waals surface area contributed by atoms with Gasteiger partial charge in [-0.1, -0.05) is 41.9 Å². The van der Waals surface area contributed by atoms with Gasteiger partial charge in [0.15, 0.2) is 0 Å². The van der Waals surface area contributed by atoms with Crippen LogP contribution in [0.5, 0.6) is 0 Å². The third-order valence-corrected chi connectivity index (χ3v) is 5.14. The summed E-state index contributed by atoms with van der Waals surface area (Å²) in [6.45, 7) is 0.661. The van der Waals surface area contributed by atoms with Gasteiger partial charge in [0.1, 0.15) is 0 Å². The first-order chi connectivity index (χ1) is 10.2. The predicted octanol–water partition coefficient (Wildman–Crippen LogP) is 3.72. The SMILES string of the molecule is O=C(NCCc1ccc(Cl)cc1)C1Cc2ccccc2S1. The first-order valence-electron chi connectivity index (χ1n) is 6.99. The predicted molar refractivity (Wildman–Crippen MR) is 88.0 cm³/mol. The molecular weight excluding hydrogens is 302 g/mol. The lowest BCUT2D eigenvalue weighted by Gasteiger charge is -2.10. The van der Waals surface area contributed by atoms with Crippen molar-refractivity contribution in [1.82, 2.24) is 5.32 Å². The molecule has 2 aromatic carbocycles. The summed E-state index contributed by atoms with van der Waals surface area (Å²) in [7, 11) is 0. The number of benzene rings is 2. The van der Waals surface area contributed by atoms with Gasteiger partial charge in [-0.15, -0.1) is 11.8 Å². The Balaban J connectivity index is 1.48. The number of amides is 1. The van der Waals surface area contributed by atoms with E-state index in [4.69, 9.17) is 11.6 Å². The maximum atomic E-state index is 12.2. The highest BCUT2D eigenvalue weighted by atomic mass is 35.5. The lowest BCUT2D eigenvalue weighted by Crippen LogP contribution is -2.33. The molecule has 1 heterocycles. The number of hydrogen-bond donors (Lipinski definition) is 1. The van der Waals surface area contributed by atoms with E-state index in [1.807, 2.05) is 36.4 Å². The van der Waals surface area contributed by atoms with Crippen LogP contribution in [0.3, 0.4) is 0 Å². The summed E-state index contributed by atoms with van der Waals surface area (Å²) in [6, 6.07) is 16.0. The van der Waals surface area contributed by atoms with Crippen molar-refractivity contribution in [3.8, 4) is 0 Å². The summed E-state index contributed by atoms with van der Waals surface area (Å²) in [5.74, 6) is 0.130. The van der Waals surface area contributed by atoms with E-state index in [0.29, 0.717) is 6.54 Å². The lowest BCUT2D eigenvalue weighted by molar-refractivity contribution is -0.120. The molecule has 3 rings (SSSR count). The van der Waals surface area contributed by atoms with Crippen LogP contribution in [0.1, 0.15) is 11.1 Å². The fourth-order valence-electron chi connectivity index (χ4n) is 2.42. The van der Waals surface area contributed by atoms with E-state index in [9.17, 15) is 4.79 Å². The fraction of sp³-hybridized carbons (Fsp3) is 0.235. The summed E-state index contributed by atoms with van der Waals surface area (Å²) in [5.41, 5.74) is 2.46. The number of hydrogen-bond acceptors (Lipinski definition) is 2. The Morgan fingerprint density at radius 2 is 1.95 bits per heavy atom. The van der Waals surface area contributed by atoms with Gasteiger partial charge in [0.05, 0.1) is 5.25 Å². The Kier molecular flexibility index (Phi) is 4.51. The fourth-order valence-corrected chi connectivity index (χ4v) is 3.77. The smallest absolute Gasteiger partial charge is 0.233 e. The van der Waals surface area contributed by atoms with Crippen molar-refractivity contribution >= 4 is 29.3 Å². The van der Waals surface area contributed by atoms with Crippen molar-refractivity contribution in [2.45, 2.75) is 23.0 Å². The highest BCUT2D eigenvalue weighted by molar-refractivity contribution is 8.01. The van der Waals surface area contributed by atoms with Crippen molar-refractivity contribution in [2.24, 2.45) is 0 Å². The van der Waals surface area contributed by atoms with Crippen molar-refractivity contribution in [3.63, 3.8) is 0 Å². The summed E-state index contributed by atoms with van der Waals surface area (Å²) in [5, 5.41) is 3.78. The van der Waals surface area contributed by atoms with Gasteiger partial charge >= 0.3 is 0 Å². The van der Waals surface area contributed by atoms with Crippen LogP contribution in [-0.2, 0) is 17.6 Å². The monoisotopic (exact) mass is 317 g/mol. The second-order valence-electron chi connectivity index (χ2n) is 5.09. The third-order valence-electron chi connectivity index (χ3n) is 3.57. The van der Waals surface area contributed by atoms with E-state index >= 15 is 0 Å². The van der Waals surface area contributed by atoms with E-state index in [-0.39, 0.29) is 11.2 Å². The van der Waals surface area contributed by atoms with Gasteiger partial charge < -0.3 is 5.32 Å². The number of rotatable bonds is 4. The third kappa shape index (κ3) is 3.60. The minimum Gasteiger partial charge on any atom is -0.355 e. The van der Waals surface area contributed by atoms with Crippen LogP contribution in [-0.4, -0.2) is 17.7 Å². The highest BCUT2D eigenvalue weighted by Gasteiger charge is 2.27. The molecule has 0 aliphatic carbocycles. The Morgan fingerprint density at radius 3 is 2.71 bits per heavy atom. The van der Waals surface area contributed by atoms with Gasteiger partial charge in [-0.25, -0.2) is 0 Å². The van der Waals surface area contributed by atoms with E-state index in [0.717, 1.165) is 17.9 Å². The van der Waals surface area contributed by atoms with Crippen LogP contribution < -0.4 is 5.32 Å². The maximum absolute atomic E-state index is 12.2. The summed E-state index contributed by atoms with van der Waals surface area (Å²) in [4.78, 5) is 13.4. The van der Waals surface area contributed by atoms with Gasteiger partial charge in [0.2, 0.25) is 5.91 Å². The molecule has 108 valence electrons. The summed E-state index contributed by atoms with van der Waals surface area (Å²) >= 11 is 7.52. The Bertz CT molecular complexity index is 616. The van der Waals surface area contributed by atoms with Crippen LogP contribution in [0.2, 0.25) is 5.02 Å². The standard InChI is InChI=1S/C17H16ClNOS/c18-14-7-5-12(6-8-14)9-10-19-17(20)16-11-13-3-1-2-4-15(13)21-16/h1-8,16H,9-11H2,(H,19,20). The number of fused-ring (bicyclic) bond motifs is 1. The number of nitrogens with one attached hydrogen (secondary N) is 1. The number of thioether (sulfide) groups is 1. The zero-order valence-corrected chi connectivity index (χ0v) is 13.1. The molecule has 1 aliphatic rings. The Labute approximate surface area is 133 Å². The average Bonchev–Trinajstić information content (AvgIpc) is 2.93. The molecule has 1 aliphatic heterocycles. The molecule has 4 heteroatoms. The topological polar surface area (TPSA) is 29.1 Å². The molecule has 1 atom stereocenters. The molecule has 2 aromatic rings. The summed E-state index contributed by atoms with van der Waals surface area (Å²) < 4.78 is 0. The molecule has 21 heavy (non-hydrogen) atoms. The zero-order chi connectivity index (χ0) is 14.7. The summed E-state index contributed by atoms with van der Waals surface area (Å²) in [6.07, 6.45) is 1.65. The van der Waals surface area contributed by atoms with Crippen molar-refractivity contribution in [1.29, 1.82) is 0 Å². The van der Waals surface area contributed by atoms with Crippen LogP contribution in [0.4, 0.5) is 0 Å². The van der Waals surface area contributed by atoms with Gasteiger partial charge in [0, 0.05) is 16.5 Å². The Morgan fingerprint density at radius 1 is 1.19 bits per heavy atom. The van der Waals surface area contributed by atoms with E-state index in [1.165, 1.54) is 16.0 Å². The largest absolute Gasteiger partial charge is 0.355 e. The minimum atomic E-state index is 0.00705. The number of carbonyl (C=O) groups is 1. The molecule has 1 unspecified atom stereocenters. The Hall–Kier alpha value is -1.45. The average molecular weight is 318 g/mol. The molecule has 0 fully saturated rings.